The van der Waals surface area contributed by atoms with Gasteiger partial charge in [0, 0.05) is 31.5 Å². The van der Waals surface area contributed by atoms with Crippen molar-refractivity contribution in [1.82, 2.24) is 9.88 Å². The van der Waals surface area contributed by atoms with E-state index in [1.54, 1.807) is 6.20 Å². The fourth-order valence-corrected chi connectivity index (χ4v) is 2.94. The van der Waals surface area contributed by atoms with Gasteiger partial charge in [-0.2, -0.15) is 0 Å². The molecule has 3 nitrogen and oxygen atoms in total. The van der Waals surface area contributed by atoms with Crippen LogP contribution in [0.1, 0.15) is 24.1 Å². The number of benzene rings is 2. The van der Waals surface area contributed by atoms with Crippen LogP contribution in [0.5, 0.6) is 0 Å². The average Bonchev–Trinajstić information content (AvgIpc) is 2.61. The van der Waals surface area contributed by atoms with Gasteiger partial charge >= 0.3 is 0 Å². The maximum Gasteiger partial charge on any atom is 0.0558 e. The summed E-state index contributed by atoms with van der Waals surface area (Å²) in [6, 6.07) is 19.2. The molecule has 0 aliphatic carbocycles. The van der Waals surface area contributed by atoms with E-state index in [0.29, 0.717) is 6.54 Å². The molecule has 0 aliphatic rings. The lowest BCUT2D eigenvalue weighted by molar-refractivity contribution is 0.151. The Kier molecular flexibility index (Phi) is 5.01. The predicted molar refractivity (Wildman–Crippen MR) is 94.1 cm³/mol. The lowest BCUT2D eigenvalue weighted by Gasteiger charge is -2.29. The van der Waals surface area contributed by atoms with Gasteiger partial charge in [0.05, 0.1) is 6.61 Å². The van der Waals surface area contributed by atoms with Crippen molar-refractivity contribution in [1.29, 1.82) is 0 Å². The molecular formula is C20H22N2O. The molecule has 1 heterocycles. The number of aliphatic hydroxyl groups excluding tert-OH is 1. The van der Waals surface area contributed by atoms with Crippen LogP contribution in [0.2, 0.25) is 0 Å². The molecule has 0 saturated carbocycles. The Morgan fingerprint density at radius 2 is 1.87 bits per heavy atom. The Labute approximate surface area is 137 Å². The summed E-state index contributed by atoms with van der Waals surface area (Å²) in [5, 5.41) is 11.9. The fourth-order valence-electron chi connectivity index (χ4n) is 2.94. The van der Waals surface area contributed by atoms with Crippen molar-refractivity contribution in [3.63, 3.8) is 0 Å². The minimum absolute atomic E-state index is 0.151. The van der Waals surface area contributed by atoms with Crippen LogP contribution in [0.4, 0.5) is 0 Å². The predicted octanol–water partition coefficient (Wildman–Crippen LogP) is 3.79. The van der Waals surface area contributed by atoms with E-state index in [1.807, 2.05) is 12.3 Å². The van der Waals surface area contributed by atoms with Crippen LogP contribution < -0.4 is 0 Å². The molecule has 2 aromatic carbocycles. The van der Waals surface area contributed by atoms with E-state index in [2.05, 4.69) is 65.3 Å². The molecule has 1 unspecified atom stereocenters. The first-order valence-corrected chi connectivity index (χ1v) is 8.00. The third kappa shape index (κ3) is 3.76. The van der Waals surface area contributed by atoms with Gasteiger partial charge < -0.3 is 5.11 Å². The first-order chi connectivity index (χ1) is 11.3. The van der Waals surface area contributed by atoms with Crippen molar-refractivity contribution in [3.8, 4) is 0 Å². The number of hydrogen-bond acceptors (Lipinski definition) is 3. The Hall–Kier alpha value is -2.23. The van der Waals surface area contributed by atoms with Crippen LogP contribution in [-0.4, -0.2) is 28.1 Å². The molecule has 0 spiro atoms. The first-order valence-electron chi connectivity index (χ1n) is 8.00. The molecule has 1 atom stereocenters. The van der Waals surface area contributed by atoms with Crippen molar-refractivity contribution in [2.75, 3.05) is 13.2 Å². The topological polar surface area (TPSA) is 36.4 Å². The van der Waals surface area contributed by atoms with E-state index >= 15 is 0 Å². The Morgan fingerprint density at radius 3 is 2.61 bits per heavy atom. The monoisotopic (exact) mass is 306 g/mol. The second-order valence-electron chi connectivity index (χ2n) is 5.84. The molecule has 0 aliphatic heterocycles. The summed E-state index contributed by atoms with van der Waals surface area (Å²) < 4.78 is 0. The molecule has 23 heavy (non-hydrogen) atoms. The SMILES string of the molecule is CC(c1ccc2ccccc2c1)N(CCO)Cc1cccnc1. The molecule has 3 heteroatoms. The lowest BCUT2D eigenvalue weighted by atomic mass is 10.0. The number of aromatic nitrogens is 1. The summed E-state index contributed by atoms with van der Waals surface area (Å²) in [5.74, 6) is 0. The van der Waals surface area contributed by atoms with Crippen LogP contribution in [0, 0.1) is 0 Å². The third-order valence-electron chi connectivity index (χ3n) is 4.30. The van der Waals surface area contributed by atoms with Gasteiger partial charge in [-0.15, -0.1) is 0 Å². The fraction of sp³-hybridized carbons (Fsp3) is 0.250. The zero-order chi connectivity index (χ0) is 16.1. The van der Waals surface area contributed by atoms with Gasteiger partial charge in [-0.3, -0.25) is 9.88 Å². The van der Waals surface area contributed by atoms with Crippen LogP contribution in [0.25, 0.3) is 10.8 Å². The number of fused-ring (bicyclic) bond motifs is 1. The van der Waals surface area contributed by atoms with E-state index < -0.39 is 0 Å². The van der Waals surface area contributed by atoms with Crippen molar-refractivity contribution >= 4 is 10.8 Å². The minimum atomic E-state index is 0.151. The summed E-state index contributed by atoms with van der Waals surface area (Å²) in [4.78, 5) is 6.46. The normalized spacial score (nSPS) is 12.7. The average molecular weight is 306 g/mol. The van der Waals surface area contributed by atoms with Crippen molar-refractivity contribution in [3.05, 3.63) is 78.1 Å². The molecule has 3 aromatic rings. The number of hydrogen-bond donors (Lipinski definition) is 1. The second-order valence-corrected chi connectivity index (χ2v) is 5.84. The summed E-state index contributed by atoms with van der Waals surface area (Å²) in [7, 11) is 0. The number of aliphatic hydroxyl groups is 1. The molecule has 3 rings (SSSR count). The molecule has 1 aromatic heterocycles. The first kappa shape index (κ1) is 15.7. The highest BCUT2D eigenvalue weighted by Gasteiger charge is 2.16. The second kappa shape index (κ2) is 7.36. The van der Waals surface area contributed by atoms with Gasteiger partial charge in [0.2, 0.25) is 0 Å². The van der Waals surface area contributed by atoms with Crippen LogP contribution in [0.15, 0.2) is 67.0 Å². The zero-order valence-electron chi connectivity index (χ0n) is 13.4. The van der Waals surface area contributed by atoms with Gasteiger partial charge in [-0.05, 0) is 41.0 Å². The van der Waals surface area contributed by atoms with Gasteiger partial charge in [-0.1, -0.05) is 42.5 Å². The number of nitrogens with zero attached hydrogens (tertiary/aromatic N) is 2. The summed E-state index contributed by atoms with van der Waals surface area (Å²) >= 11 is 0. The Morgan fingerprint density at radius 1 is 1.04 bits per heavy atom. The molecule has 0 saturated heterocycles. The highest BCUT2D eigenvalue weighted by Crippen LogP contribution is 2.25. The number of pyridine rings is 1. The van der Waals surface area contributed by atoms with E-state index in [9.17, 15) is 5.11 Å². The van der Waals surface area contributed by atoms with E-state index in [-0.39, 0.29) is 12.6 Å². The number of rotatable bonds is 6. The molecule has 0 radical (unpaired) electrons. The lowest BCUT2D eigenvalue weighted by Crippen LogP contribution is -2.29. The zero-order valence-corrected chi connectivity index (χ0v) is 13.4. The van der Waals surface area contributed by atoms with Gasteiger partial charge in [0.15, 0.2) is 0 Å². The maximum atomic E-state index is 9.42. The molecular weight excluding hydrogens is 284 g/mol. The van der Waals surface area contributed by atoms with Crippen LogP contribution in [0.3, 0.4) is 0 Å². The van der Waals surface area contributed by atoms with Gasteiger partial charge in [0.25, 0.3) is 0 Å². The summed E-state index contributed by atoms with van der Waals surface area (Å²) in [5.41, 5.74) is 2.43. The standard InChI is InChI=1S/C20H22N2O/c1-16(19-9-8-18-6-2-3-7-20(18)13-19)22(11-12-23)15-17-5-4-10-21-14-17/h2-10,13-14,16,23H,11-12,15H2,1H3. The van der Waals surface area contributed by atoms with Crippen LogP contribution >= 0.6 is 0 Å². The van der Waals surface area contributed by atoms with Gasteiger partial charge in [0.1, 0.15) is 0 Å². The largest absolute Gasteiger partial charge is 0.395 e. The summed E-state index contributed by atoms with van der Waals surface area (Å²) in [6.07, 6.45) is 3.67. The highest BCUT2D eigenvalue weighted by atomic mass is 16.3. The van der Waals surface area contributed by atoms with Crippen molar-refractivity contribution in [2.24, 2.45) is 0 Å². The smallest absolute Gasteiger partial charge is 0.0558 e. The summed E-state index contributed by atoms with van der Waals surface area (Å²) in [6.45, 7) is 3.76. The molecule has 0 amide bonds. The Bertz CT molecular complexity index is 758. The molecule has 0 fully saturated rings. The highest BCUT2D eigenvalue weighted by molar-refractivity contribution is 5.83. The van der Waals surface area contributed by atoms with Gasteiger partial charge in [-0.25, -0.2) is 0 Å². The quantitative estimate of drug-likeness (QED) is 0.752. The third-order valence-corrected chi connectivity index (χ3v) is 4.30. The Balaban J connectivity index is 1.85. The van der Waals surface area contributed by atoms with E-state index in [1.165, 1.54) is 16.3 Å². The molecule has 118 valence electrons. The van der Waals surface area contributed by atoms with Crippen LogP contribution in [-0.2, 0) is 6.54 Å². The molecule has 1 N–H and O–H groups in total. The molecule has 0 bridgehead atoms. The minimum Gasteiger partial charge on any atom is -0.395 e. The van der Waals surface area contributed by atoms with Crippen molar-refractivity contribution < 1.29 is 5.11 Å². The van der Waals surface area contributed by atoms with E-state index in [0.717, 1.165) is 12.1 Å². The van der Waals surface area contributed by atoms with E-state index in [4.69, 9.17) is 0 Å². The maximum absolute atomic E-state index is 9.42. The van der Waals surface area contributed by atoms with Crippen molar-refractivity contribution in [2.45, 2.75) is 19.5 Å².